The number of hydrogen-bond donors (Lipinski definition) is 0. The number of nitrogens with zero attached hydrogens (tertiary/aromatic N) is 4. The molecule has 3 heterocycles. The van der Waals surface area contributed by atoms with E-state index in [0.717, 1.165) is 16.1 Å². The van der Waals surface area contributed by atoms with Gasteiger partial charge in [0.25, 0.3) is 5.91 Å². The molecule has 0 atom stereocenters. The van der Waals surface area contributed by atoms with Gasteiger partial charge in [0.2, 0.25) is 0 Å². The number of amides is 1. The first-order valence-electron chi connectivity index (χ1n) is 8.56. The smallest absolute Gasteiger partial charge is 0.257 e. The van der Waals surface area contributed by atoms with Gasteiger partial charge >= 0.3 is 0 Å². The summed E-state index contributed by atoms with van der Waals surface area (Å²) >= 11 is 1.58. The Balaban J connectivity index is 1.70. The topological polar surface area (TPSA) is 51.0 Å². The molecule has 1 amide bonds. The summed E-state index contributed by atoms with van der Waals surface area (Å²) in [4.78, 5) is 20.0. The third-order valence-electron chi connectivity index (χ3n) is 4.21. The average molecular weight is 374 g/mol. The van der Waals surface area contributed by atoms with Crippen LogP contribution in [-0.4, -0.2) is 32.6 Å². The van der Waals surface area contributed by atoms with Gasteiger partial charge < -0.3 is 4.90 Å². The number of thiophene rings is 1. The summed E-state index contributed by atoms with van der Waals surface area (Å²) in [6.45, 7) is 0.493. The number of benzene rings is 1. The van der Waals surface area contributed by atoms with Gasteiger partial charge in [-0.3, -0.25) is 9.78 Å². The van der Waals surface area contributed by atoms with Crippen molar-refractivity contribution >= 4 is 17.2 Å². The Hall–Kier alpha value is -3.25. The Bertz CT molecular complexity index is 1030. The van der Waals surface area contributed by atoms with Crippen LogP contribution in [0, 0.1) is 0 Å². The number of hydrogen-bond acceptors (Lipinski definition) is 4. The van der Waals surface area contributed by atoms with Crippen molar-refractivity contribution in [3.05, 3.63) is 89.7 Å². The molecular formula is C21H18N4OS. The molecule has 0 unspecified atom stereocenters. The predicted octanol–water partition coefficient (Wildman–Crippen LogP) is 4.27. The van der Waals surface area contributed by atoms with Gasteiger partial charge in [-0.2, -0.15) is 5.10 Å². The lowest BCUT2D eigenvalue weighted by molar-refractivity contribution is 0.0785. The summed E-state index contributed by atoms with van der Waals surface area (Å²) in [5.41, 5.74) is 3.20. The summed E-state index contributed by atoms with van der Waals surface area (Å²) in [7, 11) is 1.80. The second-order valence-corrected chi connectivity index (χ2v) is 7.12. The molecule has 6 heteroatoms. The predicted molar refractivity (Wildman–Crippen MR) is 107 cm³/mol. The molecule has 0 N–H and O–H groups in total. The van der Waals surface area contributed by atoms with Gasteiger partial charge in [-0.25, -0.2) is 4.68 Å². The first-order chi connectivity index (χ1) is 13.2. The molecule has 5 nitrogen and oxygen atoms in total. The van der Waals surface area contributed by atoms with Gasteiger partial charge in [0.05, 0.1) is 16.1 Å². The molecule has 0 saturated heterocycles. The zero-order chi connectivity index (χ0) is 18.6. The maximum Gasteiger partial charge on any atom is 0.257 e. The van der Waals surface area contributed by atoms with E-state index in [4.69, 9.17) is 5.10 Å². The zero-order valence-electron chi connectivity index (χ0n) is 14.8. The van der Waals surface area contributed by atoms with Crippen LogP contribution in [-0.2, 0) is 6.54 Å². The summed E-state index contributed by atoms with van der Waals surface area (Å²) in [5.74, 6) is -0.0653. The maximum absolute atomic E-state index is 13.2. The molecule has 134 valence electrons. The molecule has 0 radical (unpaired) electrons. The van der Waals surface area contributed by atoms with Crippen molar-refractivity contribution in [2.45, 2.75) is 6.54 Å². The largest absolute Gasteiger partial charge is 0.337 e. The van der Waals surface area contributed by atoms with Crippen molar-refractivity contribution in [3.8, 4) is 16.3 Å². The van der Waals surface area contributed by atoms with Crippen LogP contribution in [0.4, 0.5) is 0 Å². The highest BCUT2D eigenvalue weighted by Crippen LogP contribution is 2.28. The standard InChI is InChI=1S/C21H18N4OS/c1-24(14-16-7-5-11-22-13-16)21(26)18-15-25(17-8-3-2-4-9-17)23-20(18)19-10-6-12-27-19/h2-13,15H,14H2,1H3. The number of pyridine rings is 1. The minimum atomic E-state index is -0.0653. The highest BCUT2D eigenvalue weighted by atomic mass is 32.1. The van der Waals surface area contributed by atoms with Crippen molar-refractivity contribution < 1.29 is 4.79 Å². The van der Waals surface area contributed by atoms with Crippen LogP contribution in [0.1, 0.15) is 15.9 Å². The Kier molecular flexibility index (Phi) is 4.80. The average Bonchev–Trinajstić information content (AvgIpc) is 3.38. The van der Waals surface area contributed by atoms with Crippen LogP contribution < -0.4 is 0 Å². The third-order valence-corrected chi connectivity index (χ3v) is 5.09. The number of para-hydroxylation sites is 1. The zero-order valence-corrected chi connectivity index (χ0v) is 15.6. The lowest BCUT2D eigenvalue weighted by Crippen LogP contribution is -2.26. The Morgan fingerprint density at radius 2 is 1.96 bits per heavy atom. The van der Waals surface area contributed by atoms with Crippen molar-refractivity contribution in [2.24, 2.45) is 0 Å². The molecule has 0 aliphatic rings. The van der Waals surface area contributed by atoms with Crippen LogP contribution in [0.2, 0.25) is 0 Å². The van der Waals surface area contributed by atoms with Crippen molar-refractivity contribution in [3.63, 3.8) is 0 Å². The van der Waals surface area contributed by atoms with Gasteiger partial charge in [0.15, 0.2) is 0 Å². The highest BCUT2D eigenvalue weighted by Gasteiger charge is 2.22. The quantitative estimate of drug-likeness (QED) is 0.524. The third kappa shape index (κ3) is 3.66. The summed E-state index contributed by atoms with van der Waals surface area (Å²) in [5, 5.41) is 6.69. The van der Waals surface area contributed by atoms with E-state index < -0.39 is 0 Å². The van der Waals surface area contributed by atoms with E-state index in [1.165, 1.54) is 0 Å². The summed E-state index contributed by atoms with van der Waals surface area (Å²) in [6.07, 6.45) is 5.31. The Morgan fingerprint density at radius 3 is 2.67 bits per heavy atom. The lowest BCUT2D eigenvalue weighted by Gasteiger charge is -2.16. The fraction of sp³-hybridized carbons (Fsp3) is 0.0952. The molecule has 0 aliphatic heterocycles. The number of carbonyl (C=O) groups is 1. The molecule has 4 rings (SSSR count). The Labute approximate surface area is 161 Å². The fourth-order valence-electron chi connectivity index (χ4n) is 2.88. The van der Waals surface area contributed by atoms with E-state index >= 15 is 0 Å². The van der Waals surface area contributed by atoms with Crippen LogP contribution >= 0.6 is 11.3 Å². The molecular weight excluding hydrogens is 356 g/mol. The van der Waals surface area contributed by atoms with Gasteiger partial charge in [0, 0.05) is 32.2 Å². The van der Waals surface area contributed by atoms with Crippen molar-refractivity contribution in [2.75, 3.05) is 7.05 Å². The normalized spacial score (nSPS) is 10.7. The van der Waals surface area contributed by atoms with Crippen LogP contribution in [0.3, 0.4) is 0 Å². The van der Waals surface area contributed by atoms with Crippen LogP contribution in [0.15, 0.2) is 78.6 Å². The molecule has 0 saturated carbocycles. The molecule has 4 aromatic rings. The first kappa shape index (κ1) is 17.2. The van der Waals surface area contributed by atoms with E-state index in [0.29, 0.717) is 17.8 Å². The van der Waals surface area contributed by atoms with Gasteiger partial charge in [-0.1, -0.05) is 30.3 Å². The SMILES string of the molecule is CN(Cc1cccnc1)C(=O)c1cn(-c2ccccc2)nc1-c1cccs1. The Morgan fingerprint density at radius 1 is 1.11 bits per heavy atom. The van der Waals surface area contributed by atoms with Gasteiger partial charge in [0.1, 0.15) is 5.69 Å². The first-order valence-corrected chi connectivity index (χ1v) is 9.43. The van der Waals surface area contributed by atoms with E-state index in [9.17, 15) is 4.79 Å². The van der Waals surface area contributed by atoms with Gasteiger partial charge in [-0.15, -0.1) is 11.3 Å². The number of rotatable bonds is 5. The van der Waals surface area contributed by atoms with E-state index in [-0.39, 0.29) is 5.91 Å². The molecule has 0 spiro atoms. The highest BCUT2D eigenvalue weighted by molar-refractivity contribution is 7.13. The second-order valence-electron chi connectivity index (χ2n) is 6.17. The van der Waals surface area contributed by atoms with Crippen LogP contribution in [0.25, 0.3) is 16.3 Å². The van der Waals surface area contributed by atoms with Crippen molar-refractivity contribution in [1.29, 1.82) is 0 Å². The number of carbonyl (C=O) groups excluding carboxylic acids is 1. The lowest BCUT2D eigenvalue weighted by atomic mass is 10.2. The van der Waals surface area contributed by atoms with Gasteiger partial charge in [-0.05, 0) is 35.2 Å². The minimum Gasteiger partial charge on any atom is -0.337 e. The molecule has 0 fully saturated rings. The van der Waals surface area contributed by atoms with E-state index in [2.05, 4.69) is 4.98 Å². The van der Waals surface area contributed by atoms with Crippen LogP contribution in [0.5, 0.6) is 0 Å². The number of aromatic nitrogens is 3. The summed E-state index contributed by atoms with van der Waals surface area (Å²) in [6, 6.07) is 17.6. The fourth-order valence-corrected chi connectivity index (χ4v) is 3.60. The molecule has 27 heavy (non-hydrogen) atoms. The summed E-state index contributed by atoms with van der Waals surface area (Å²) < 4.78 is 1.76. The maximum atomic E-state index is 13.2. The van der Waals surface area contributed by atoms with E-state index in [1.54, 1.807) is 40.4 Å². The molecule has 0 aliphatic carbocycles. The second kappa shape index (κ2) is 7.55. The molecule has 1 aromatic carbocycles. The molecule has 3 aromatic heterocycles. The monoisotopic (exact) mass is 374 g/mol. The minimum absolute atomic E-state index is 0.0653. The molecule has 0 bridgehead atoms. The van der Waals surface area contributed by atoms with Crippen molar-refractivity contribution in [1.82, 2.24) is 19.7 Å². The van der Waals surface area contributed by atoms with E-state index in [1.807, 2.05) is 66.2 Å².